The SMILES string of the molecule is Cc1ccc(/C=C/C(=O)CCCc2ccccc2)cc1. The van der Waals surface area contributed by atoms with E-state index in [1.807, 2.05) is 36.4 Å². The Kier molecular flexibility index (Phi) is 5.31. The summed E-state index contributed by atoms with van der Waals surface area (Å²) in [6, 6.07) is 18.5. The van der Waals surface area contributed by atoms with E-state index < -0.39 is 0 Å². The second-order valence-corrected chi connectivity index (χ2v) is 5.05. The Balaban J connectivity index is 1.76. The van der Waals surface area contributed by atoms with Crippen molar-refractivity contribution in [1.29, 1.82) is 0 Å². The van der Waals surface area contributed by atoms with Crippen LogP contribution in [0, 0.1) is 6.92 Å². The van der Waals surface area contributed by atoms with Gasteiger partial charge in [0.05, 0.1) is 0 Å². The van der Waals surface area contributed by atoms with Crippen LogP contribution in [-0.4, -0.2) is 5.78 Å². The van der Waals surface area contributed by atoms with E-state index >= 15 is 0 Å². The van der Waals surface area contributed by atoms with Crippen molar-refractivity contribution in [2.75, 3.05) is 0 Å². The van der Waals surface area contributed by atoms with Crippen molar-refractivity contribution in [2.45, 2.75) is 26.2 Å². The van der Waals surface area contributed by atoms with E-state index in [-0.39, 0.29) is 5.78 Å². The second-order valence-electron chi connectivity index (χ2n) is 5.05. The van der Waals surface area contributed by atoms with E-state index in [9.17, 15) is 4.79 Å². The topological polar surface area (TPSA) is 17.1 Å². The monoisotopic (exact) mass is 264 g/mol. The van der Waals surface area contributed by atoms with Crippen LogP contribution in [0.25, 0.3) is 6.08 Å². The van der Waals surface area contributed by atoms with Crippen molar-refractivity contribution in [1.82, 2.24) is 0 Å². The third-order valence-electron chi connectivity index (χ3n) is 3.27. The number of rotatable bonds is 6. The summed E-state index contributed by atoms with van der Waals surface area (Å²) < 4.78 is 0. The van der Waals surface area contributed by atoms with Gasteiger partial charge in [0.15, 0.2) is 5.78 Å². The van der Waals surface area contributed by atoms with Gasteiger partial charge in [-0.1, -0.05) is 66.2 Å². The summed E-state index contributed by atoms with van der Waals surface area (Å²) in [7, 11) is 0. The number of hydrogen-bond acceptors (Lipinski definition) is 1. The lowest BCUT2D eigenvalue weighted by Crippen LogP contribution is -1.94. The van der Waals surface area contributed by atoms with Crippen LogP contribution in [0.1, 0.15) is 29.5 Å². The zero-order valence-corrected chi connectivity index (χ0v) is 11.9. The molecule has 0 spiro atoms. The number of hydrogen-bond donors (Lipinski definition) is 0. The summed E-state index contributed by atoms with van der Waals surface area (Å²) in [5.74, 6) is 0.196. The molecule has 0 saturated heterocycles. The van der Waals surface area contributed by atoms with E-state index in [0.29, 0.717) is 6.42 Å². The summed E-state index contributed by atoms with van der Waals surface area (Å²) in [5.41, 5.74) is 3.60. The minimum atomic E-state index is 0.196. The molecule has 0 bridgehead atoms. The van der Waals surface area contributed by atoms with E-state index in [1.165, 1.54) is 11.1 Å². The summed E-state index contributed by atoms with van der Waals surface area (Å²) >= 11 is 0. The third-order valence-corrected chi connectivity index (χ3v) is 3.27. The van der Waals surface area contributed by atoms with Crippen molar-refractivity contribution < 1.29 is 4.79 Å². The fourth-order valence-corrected chi connectivity index (χ4v) is 2.06. The summed E-state index contributed by atoms with van der Waals surface area (Å²) in [5, 5.41) is 0. The molecule has 0 unspecified atom stereocenters. The average Bonchev–Trinajstić information content (AvgIpc) is 2.48. The van der Waals surface area contributed by atoms with Crippen molar-refractivity contribution in [2.24, 2.45) is 0 Å². The van der Waals surface area contributed by atoms with Crippen LogP contribution in [0.3, 0.4) is 0 Å². The van der Waals surface area contributed by atoms with Crippen LogP contribution in [0.5, 0.6) is 0 Å². The first-order valence-electron chi connectivity index (χ1n) is 7.05. The predicted octanol–water partition coefficient (Wildman–Crippen LogP) is 4.60. The van der Waals surface area contributed by atoms with Crippen LogP contribution in [0.2, 0.25) is 0 Å². The molecule has 0 N–H and O–H groups in total. The van der Waals surface area contributed by atoms with Gasteiger partial charge in [0.2, 0.25) is 0 Å². The Morgan fingerprint density at radius 2 is 1.70 bits per heavy atom. The Labute approximate surface area is 121 Å². The Bertz CT molecular complexity index is 564. The largest absolute Gasteiger partial charge is 0.295 e. The Morgan fingerprint density at radius 3 is 2.40 bits per heavy atom. The highest BCUT2D eigenvalue weighted by molar-refractivity contribution is 5.93. The lowest BCUT2D eigenvalue weighted by atomic mass is 10.1. The van der Waals surface area contributed by atoms with Crippen LogP contribution in [-0.2, 0) is 11.2 Å². The van der Waals surface area contributed by atoms with E-state index in [0.717, 1.165) is 18.4 Å². The highest BCUT2D eigenvalue weighted by Gasteiger charge is 1.98. The van der Waals surface area contributed by atoms with Gasteiger partial charge < -0.3 is 0 Å². The molecular formula is C19H20O. The molecule has 2 rings (SSSR count). The van der Waals surface area contributed by atoms with Crippen molar-refractivity contribution in [3.05, 3.63) is 77.4 Å². The minimum absolute atomic E-state index is 0.196. The van der Waals surface area contributed by atoms with E-state index in [4.69, 9.17) is 0 Å². The zero-order chi connectivity index (χ0) is 14.2. The van der Waals surface area contributed by atoms with Crippen LogP contribution < -0.4 is 0 Å². The molecule has 2 aromatic carbocycles. The number of allylic oxidation sites excluding steroid dienone is 1. The molecule has 0 heterocycles. The molecule has 1 nitrogen and oxygen atoms in total. The van der Waals surface area contributed by atoms with E-state index in [1.54, 1.807) is 6.08 Å². The molecule has 1 heteroatoms. The third kappa shape index (κ3) is 4.85. The second kappa shape index (κ2) is 7.44. The first kappa shape index (κ1) is 14.3. The Hall–Kier alpha value is -2.15. The quantitative estimate of drug-likeness (QED) is 0.697. The van der Waals surface area contributed by atoms with Crippen molar-refractivity contribution in [3.63, 3.8) is 0 Å². The molecule has 20 heavy (non-hydrogen) atoms. The maximum Gasteiger partial charge on any atom is 0.155 e. The standard InChI is InChI=1S/C19H20O/c1-16-10-12-18(13-11-16)14-15-19(20)9-5-8-17-6-3-2-4-7-17/h2-4,6-7,10-15H,5,8-9H2,1H3/b15-14+. The highest BCUT2D eigenvalue weighted by Crippen LogP contribution is 2.07. The average molecular weight is 264 g/mol. The first-order chi connectivity index (χ1) is 9.74. The molecule has 0 atom stereocenters. The molecule has 0 radical (unpaired) electrons. The van der Waals surface area contributed by atoms with Gasteiger partial charge in [0.25, 0.3) is 0 Å². The number of carbonyl (C=O) groups is 1. The van der Waals surface area contributed by atoms with Crippen LogP contribution in [0.4, 0.5) is 0 Å². The predicted molar refractivity (Wildman–Crippen MR) is 84.6 cm³/mol. The fraction of sp³-hybridized carbons (Fsp3) is 0.211. The molecule has 0 aliphatic rings. The fourth-order valence-electron chi connectivity index (χ4n) is 2.06. The number of ketones is 1. The summed E-state index contributed by atoms with van der Waals surface area (Å²) in [6.45, 7) is 2.06. The molecule has 0 saturated carbocycles. The first-order valence-corrected chi connectivity index (χ1v) is 7.05. The van der Waals surface area contributed by atoms with Gasteiger partial charge in [0.1, 0.15) is 0 Å². The van der Waals surface area contributed by atoms with Gasteiger partial charge in [-0.05, 0) is 37.0 Å². The smallest absolute Gasteiger partial charge is 0.155 e. The molecule has 0 amide bonds. The van der Waals surface area contributed by atoms with Gasteiger partial charge >= 0.3 is 0 Å². The molecule has 0 aliphatic carbocycles. The van der Waals surface area contributed by atoms with Gasteiger partial charge in [-0.25, -0.2) is 0 Å². The summed E-state index contributed by atoms with van der Waals surface area (Å²) in [4.78, 5) is 11.8. The van der Waals surface area contributed by atoms with Gasteiger partial charge in [0, 0.05) is 6.42 Å². The zero-order valence-electron chi connectivity index (χ0n) is 11.9. The minimum Gasteiger partial charge on any atom is -0.295 e. The number of carbonyl (C=O) groups excluding carboxylic acids is 1. The van der Waals surface area contributed by atoms with Crippen molar-refractivity contribution in [3.8, 4) is 0 Å². The van der Waals surface area contributed by atoms with Crippen LogP contribution >= 0.6 is 0 Å². The van der Waals surface area contributed by atoms with E-state index in [2.05, 4.69) is 31.2 Å². The molecule has 0 aromatic heterocycles. The lowest BCUT2D eigenvalue weighted by molar-refractivity contribution is -0.114. The van der Waals surface area contributed by atoms with Crippen molar-refractivity contribution >= 4 is 11.9 Å². The maximum atomic E-state index is 11.8. The number of aryl methyl sites for hydroxylation is 2. The lowest BCUT2D eigenvalue weighted by Gasteiger charge is -1.99. The van der Waals surface area contributed by atoms with Gasteiger partial charge in [-0.15, -0.1) is 0 Å². The number of benzene rings is 2. The summed E-state index contributed by atoms with van der Waals surface area (Å²) in [6.07, 6.45) is 6.06. The Morgan fingerprint density at radius 1 is 1.00 bits per heavy atom. The molecule has 0 fully saturated rings. The molecule has 2 aromatic rings. The molecule has 0 aliphatic heterocycles. The van der Waals surface area contributed by atoms with Gasteiger partial charge in [-0.2, -0.15) is 0 Å². The highest BCUT2D eigenvalue weighted by atomic mass is 16.1. The molecule has 102 valence electrons. The normalized spacial score (nSPS) is 10.8. The molecular weight excluding hydrogens is 244 g/mol. The van der Waals surface area contributed by atoms with Crippen LogP contribution in [0.15, 0.2) is 60.7 Å². The maximum absolute atomic E-state index is 11.8. The van der Waals surface area contributed by atoms with Gasteiger partial charge in [-0.3, -0.25) is 4.79 Å².